The van der Waals surface area contributed by atoms with Crippen LogP contribution in [0.5, 0.6) is 0 Å². The Bertz CT molecular complexity index is 1060. The summed E-state index contributed by atoms with van der Waals surface area (Å²) in [5.74, 6) is -0.120. The number of carbonyl (C=O) groups is 1. The number of hydrogen-bond donors (Lipinski definition) is 1. The summed E-state index contributed by atoms with van der Waals surface area (Å²) in [4.78, 5) is 14.2. The highest BCUT2D eigenvalue weighted by atomic mass is 79.9. The summed E-state index contributed by atoms with van der Waals surface area (Å²) in [6.45, 7) is 0. The van der Waals surface area contributed by atoms with Crippen molar-refractivity contribution in [3.63, 3.8) is 0 Å². The second-order valence-electron chi connectivity index (χ2n) is 6.01. The minimum absolute atomic E-state index is 0.120. The molecule has 0 saturated carbocycles. The van der Waals surface area contributed by atoms with Gasteiger partial charge in [-0.3, -0.25) is 4.79 Å². The molecule has 1 amide bonds. The highest BCUT2D eigenvalue weighted by molar-refractivity contribution is 9.11. The van der Waals surface area contributed by atoms with E-state index in [9.17, 15) is 4.79 Å². The van der Waals surface area contributed by atoms with Crippen molar-refractivity contribution < 1.29 is 4.79 Å². The molecule has 0 saturated heterocycles. The summed E-state index contributed by atoms with van der Waals surface area (Å²) in [6, 6.07) is 29.8. The molecule has 0 radical (unpaired) electrons. The first-order valence-electron chi connectivity index (χ1n) is 8.53. The highest BCUT2D eigenvalue weighted by Gasteiger charge is 2.24. The minimum atomic E-state index is -0.120. The van der Waals surface area contributed by atoms with Crippen LogP contribution in [0.3, 0.4) is 0 Å². The van der Waals surface area contributed by atoms with E-state index in [0.717, 1.165) is 31.0 Å². The molecular formula is C23H16BrNOS. The fourth-order valence-corrected chi connectivity index (χ4v) is 4.91. The van der Waals surface area contributed by atoms with Crippen molar-refractivity contribution >= 4 is 38.9 Å². The number of rotatable bonds is 4. The fraction of sp³-hybridized carbons (Fsp3) is 0. The Kier molecular flexibility index (Phi) is 5.19. The summed E-state index contributed by atoms with van der Waals surface area (Å²) >= 11 is 5.22. The van der Waals surface area contributed by atoms with Crippen LogP contribution >= 0.6 is 27.3 Å². The van der Waals surface area contributed by atoms with Crippen molar-refractivity contribution in [3.8, 4) is 21.6 Å². The van der Waals surface area contributed by atoms with E-state index in [2.05, 4.69) is 33.4 Å². The van der Waals surface area contributed by atoms with Gasteiger partial charge in [-0.2, -0.15) is 0 Å². The van der Waals surface area contributed by atoms with Gasteiger partial charge in [-0.1, -0.05) is 78.9 Å². The zero-order valence-electron chi connectivity index (χ0n) is 14.4. The number of halogens is 1. The molecule has 0 fully saturated rings. The predicted molar refractivity (Wildman–Crippen MR) is 117 cm³/mol. The Morgan fingerprint density at radius 2 is 1.26 bits per heavy atom. The first-order valence-corrected chi connectivity index (χ1v) is 10.1. The molecule has 0 spiro atoms. The lowest BCUT2D eigenvalue weighted by Gasteiger charge is -2.10. The molecule has 0 atom stereocenters. The van der Waals surface area contributed by atoms with Crippen LogP contribution < -0.4 is 5.32 Å². The van der Waals surface area contributed by atoms with Gasteiger partial charge in [0.15, 0.2) is 0 Å². The molecule has 132 valence electrons. The van der Waals surface area contributed by atoms with Gasteiger partial charge in [-0.05, 0) is 39.2 Å². The zero-order valence-corrected chi connectivity index (χ0v) is 16.8. The first kappa shape index (κ1) is 17.7. The minimum Gasteiger partial charge on any atom is -0.322 e. The standard InChI is InChI=1S/C23H16BrNOS/c24-22-20(23(26)25-18-14-8-3-9-15-18)19(16-10-4-1-5-11-16)21(27-22)17-12-6-2-7-13-17/h1-15H,(H,25,26). The summed E-state index contributed by atoms with van der Waals surface area (Å²) in [6.07, 6.45) is 0. The number of nitrogens with one attached hydrogen (secondary N) is 1. The van der Waals surface area contributed by atoms with Crippen LogP contribution in [0.25, 0.3) is 21.6 Å². The summed E-state index contributed by atoms with van der Waals surface area (Å²) in [5, 5.41) is 3.01. The number of para-hydroxylation sites is 1. The molecule has 4 rings (SSSR count). The highest BCUT2D eigenvalue weighted by Crippen LogP contribution is 2.45. The molecule has 4 heteroatoms. The monoisotopic (exact) mass is 433 g/mol. The smallest absolute Gasteiger partial charge is 0.258 e. The van der Waals surface area contributed by atoms with Crippen LogP contribution in [0.2, 0.25) is 0 Å². The molecule has 1 aromatic heterocycles. The van der Waals surface area contributed by atoms with Crippen LogP contribution in [0.4, 0.5) is 5.69 Å². The van der Waals surface area contributed by atoms with Crippen molar-refractivity contribution in [3.05, 3.63) is 100 Å². The number of carbonyl (C=O) groups excluding carboxylic acids is 1. The molecule has 3 aromatic carbocycles. The van der Waals surface area contributed by atoms with Crippen LogP contribution in [0.1, 0.15) is 10.4 Å². The zero-order chi connectivity index (χ0) is 18.6. The van der Waals surface area contributed by atoms with E-state index >= 15 is 0 Å². The molecule has 0 bridgehead atoms. The van der Waals surface area contributed by atoms with E-state index in [-0.39, 0.29) is 5.91 Å². The van der Waals surface area contributed by atoms with Crippen LogP contribution in [-0.2, 0) is 0 Å². The Morgan fingerprint density at radius 3 is 1.85 bits per heavy atom. The van der Waals surface area contributed by atoms with Gasteiger partial charge in [0.25, 0.3) is 5.91 Å². The Labute approximate surface area is 170 Å². The quantitative estimate of drug-likeness (QED) is 0.365. The largest absolute Gasteiger partial charge is 0.322 e. The topological polar surface area (TPSA) is 29.1 Å². The van der Waals surface area contributed by atoms with Gasteiger partial charge in [0.1, 0.15) is 0 Å². The third kappa shape index (κ3) is 3.72. The predicted octanol–water partition coefficient (Wildman–Crippen LogP) is 7.10. The second-order valence-corrected chi connectivity index (χ2v) is 8.35. The van der Waals surface area contributed by atoms with Crippen molar-refractivity contribution in [2.24, 2.45) is 0 Å². The van der Waals surface area contributed by atoms with Crippen molar-refractivity contribution in [1.82, 2.24) is 0 Å². The molecule has 27 heavy (non-hydrogen) atoms. The van der Waals surface area contributed by atoms with E-state index in [4.69, 9.17) is 0 Å². The Morgan fingerprint density at radius 1 is 0.741 bits per heavy atom. The maximum absolute atomic E-state index is 13.1. The number of thiophene rings is 1. The molecule has 1 heterocycles. The third-order valence-corrected chi connectivity index (χ3v) is 6.13. The molecule has 4 aromatic rings. The maximum atomic E-state index is 13.1. The van der Waals surface area contributed by atoms with E-state index in [1.807, 2.05) is 78.9 Å². The third-order valence-electron chi connectivity index (χ3n) is 4.22. The number of amides is 1. The van der Waals surface area contributed by atoms with Gasteiger partial charge < -0.3 is 5.32 Å². The van der Waals surface area contributed by atoms with Gasteiger partial charge in [0.2, 0.25) is 0 Å². The molecule has 0 aliphatic heterocycles. The number of hydrogen-bond acceptors (Lipinski definition) is 2. The lowest BCUT2D eigenvalue weighted by Crippen LogP contribution is -2.12. The van der Waals surface area contributed by atoms with Gasteiger partial charge in [-0.15, -0.1) is 11.3 Å². The van der Waals surface area contributed by atoms with Crippen LogP contribution in [-0.4, -0.2) is 5.91 Å². The number of anilines is 1. The Hall–Kier alpha value is -2.69. The van der Waals surface area contributed by atoms with Gasteiger partial charge in [0, 0.05) is 16.1 Å². The lowest BCUT2D eigenvalue weighted by atomic mass is 9.98. The molecule has 0 aliphatic rings. The molecule has 0 aliphatic carbocycles. The second kappa shape index (κ2) is 7.91. The lowest BCUT2D eigenvalue weighted by molar-refractivity contribution is 0.102. The first-order chi connectivity index (χ1) is 13.2. The van der Waals surface area contributed by atoms with Crippen molar-refractivity contribution in [2.45, 2.75) is 0 Å². The Balaban J connectivity index is 1.86. The molecular weight excluding hydrogens is 418 g/mol. The SMILES string of the molecule is O=C(Nc1ccccc1)c1c(Br)sc(-c2ccccc2)c1-c1ccccc1. The van der Waals surface area contributed by atoms with E-state index < -0.39 is 0 Å². The summed E-state index contributed by atoms with van der Waals surface area (Å²) < 4.78 is 0.827. The van der Waals surface area contributed by atoms with E-state index in [0.29, 0.717) is 5.56 Å². The van der Waals surface area contributed by atoms with Crippen LogP contribution in [0, 0.1) is 0 Å². The average Bonchev–Trinajstić information content (AvgIpc) is 3.07. The molecule has 2 nitrogen and oxygen atoms in total. The molecule has 1 N–H and O–H groups in total. The van der Waals surface area contributed by atoms with E-state index in [1.54, 1.807) is 11.3 Å². The molecule has 0 unspecified atom stereocenters. The van der Waals surface area contributed by atoms with Crippen molar-refractivity contribution in [2.75, 3.05) is 5.32 Å². The normalized spacial score (nSPS) is 10.6. The fourth-order valence-electron chi connectivity index (χ4n) is 2.99. The van der Waals surface area contributed by atoms with Gasteiger partial charge >= 0.3 is 0 Å². The van der Waals surface area contributed by atoms with Crippen LogP contribution in [0.15, 0.2) is 94.8 Å². The average molecular weight is 434 g/mol. The number of benzene rings is 3. The maximum Gasteiger partial charge on any atom is 0.258 e. The summed E-state index contributed by atoms with van der Waals surface area (Å²) in [7, 11) is 0. The summed E-state index contributed by atoms with van der Waals surface area (Å²) in [5.41, 5.74) is 4.51. The van der Waals surface area contributed by atoms with Crippen molar-refractivity contribution in [1.29, 1.82) is 0 Å². The van der Waals surface area contributed by atoms with E-state index in [1.165, 1.54) is 0 Å². The van der Waals surface area contributed by atoms with Gasteiger partial charge in [-0.25, -0.2) is 0 Å². The van der Waals surface area contributed by atoms with Gasteiger partial charge in [0.05, 0.1) is 9.35 Å².